The Morgan fingerprint density at radius 2 is 1.67 bits per heavy atom. The van der Waals surface area contributed by atoms with Gasteiger partial charge in [0.1, 0.15) is 12.2 Å². The molecule has 2 fully saturated rings. The smallest absolute Gasteiger partial charge is 0.269 e. The molecule has 0 bridgehead atoms. The summed E-state index contributed by atoms with van der Waals surface area (Å²) in [6, 6.07) is 6.51. The van der Waals surface area contributed by atoms with Gasteiger partial charge < -0.3 is 9.47 Å². The standard InChI is InChI=1S/C17H24N6O4/c24-23(25)15-3-1-14(2-4-15)22-17(21-7-11-27-12-8-21)16(18-19-22)13-20-5-9-26-10-6-20/h1-4,16-17H,5-13H2/t16-,17+/m1/s1. The molecule has 0 spiro atoms. The molecule has 0 aliphatic carbocycles. The van der Waals surface area contributed by atoms with E-state index in [1.54, 1.807) is 12.1 Å². The molecular formula is C17H24N6O4. The molecule has 3 heterocycles. The number of morpholine rings is 2. The molecule has 27 heavy (non-hydrogen) atoms. The van der Waals surface area contributed by atoms with Crippen LogP contribution in [-0.2, 0) is 9.47 Å². The Hall–Kier alpha value is -2.14. The summed E-state index contributed by atoms with van der Waals surface area (Å²) < 4.78 is 10.9. The molecule has 0 unspecified atom stereocenters. The summed E-state index contributed by atoms with van der Waals surface area (Å²) in [5.74, 6) is 0. The topological polar surface area (TPSA) is 96.0 Å². The summed E-state index contributed by atoms with van der Waals surface area (Å²) in [7, 11) is 0. The molecule has 0 radical (unpaired) electrons. The van der Waals surface area contributed by atoms with E-state index in [4.69, 9.17) is 9.47 Å². The van der Waals surface area contributed by atoms with E-state index in [-0.39, 0.29) is 17.9 Å². The van der Waals surface area contributed by atoms with E-state index in [1.165, 1.54) is 12.1 Å². The van der Waals surface area contributed by atoms with E-state index >= 15 is 0 Å². The van der Waals surface area contributed by atoms with E-state index in [0.29, 0.717) is 13.2 Å². The molecule has 10 heteroatoms. The third-order valence-corrected chi connectivity index (χ3v) is 5.18. The van der Waals surface area contributed by atoms with Crippen LogP contribution in [0.2, 0.25) is 0 Å². The number of hydrogen-bond donors (Lipinski definition) is 0. The Morgan fingerprint density at radius 3 is 2.30 bits per heavy atom. The predicted octanol–water partition coefficient (Wildman–Crippen LogP) is 1.14. The van der Waals surface area contributed by atoms with Gasteiger partial charge in [0.25, 0.3) is 5.69 Å². The summed E-state index contributed by atoms with van der Waals surface area (Å²) in [6.07, 6.45) is -0.0156. The van der Waals surface area contributed by atoms with Gasteiger partial charge in [-0.25, -0.2) is 5.01 Å². The second kappa shape index (κ2) is 8.26. The molecule has 0 amide bonds. The van der Waals surface area contributed by atoms with Crippen LogP contribution in [0.25, 0.3) is 0 Å². The van der Waals surface area contributed by atoms with Gasteiger partial charge in [-0.1, -0.05) is 5.22 Å². The number of nitro groups is 1. The van der Waals surface area contributed by atoms with Gasteiger partial charge in [-0.05, 0) is 12.1 Å². The minimum Gasteiger partial charge on any atom is -0.379 e. The zero-order chi connectivity index (χ0) is 18.6. The predicted molar refractivity (Wildman–Crippen MR) is 97.7 cm³/mol. The molecule has 2 saturated heterocycles. The van der Waals surface area contributed by atoms with Crippen LogP contribution in [0.4, 0.5) is 11.4 Å². The molecule has 0 aromatic heterocycles. The van der Waals surface area contributed by atoms with Crippen LogP contribution in [0.3, 0.4) is 0 Å². The van der Waals surface area contributed by atoms with Crippen LogP contribution in [-0.4, -0.2) is 86.1 Å². The number of non-ortho nitro benzene ring substituents is 1. The fourth-order valence-corrected chi connectivity index (χ4v) is 3.75. The number of rotatable bonds is 5. The Kier molecular flexibility index (Phi) is 5.58. The summed E-state index contributed by atoms with van der Waals surface area (Å²) in [5, 5.41) is 21.8. The lowest BCUT2D eigenvalue weighted by molar-refractivity contribution is -0.384. The van der Waals surface area contributed by atoms with Crippen molar-refractivity contribution >= 4 is 11.4 Å². The molecule has 1 aromatic carbocycles. The van der Waals surface area contributed by atoms with Crippen molar-refractivity contribution in [2.24, 2.45) is 10.3 Å². The van der Waals surface area contributed by atoms with Crippen LogP contribution in [0.15, 0.2) is 34.6 Å². The summed E-state index contributed by atoms with van der Waals surface area (Å²) in [4.78, 5) is 15.2. The Labute approximate surface area is 157 Å². The van der Waals surface area contributed by atoms with Gasteiger partial charge in [-0.15, -0.1) is 0 Å². The molecule has 0 saturated carbocycles. The zero-order valence-corrected chi connectivity index (χ0v) is 15.1. The summed E-state index contributed by atoms with van der Waals surface area (Å²) >= 11 is 0. The quantitative estimate of drug-likeness (QED) is 0.562. The number of nitro benzene ring substituents is 1. The second-order valence-electron chi connectivity index (χ2n) is 6.87. The maximum atomic E-state index is 10.9. The van der Waals surface area contributed by atoms with Crippen molar-refractivity contribution in [3.05, 3.63) is 34.4 Å². The van der Waals surface area contributed by atoms with Crippen LogP contribution < -0.4 is 5.01 Å². The van der Waals surface area contributed by atoms with Crippen molar-refractivity contribution < 1.29 is 14.4 Å². The van der Waals surface area contributed by atoms with Crippen molar-refractivity contribution in [1.29, 1.82) is 0 Å². The van der Waals surface area contributed by atoms with Crippen molar-refractivity contribution in [2.45, 2.75) is 12.2 Å². The lowest BCUT2D eigenvalue weighted by Gasteiger charge is -2.39. The van der Waals surface area contributed by atoms with Gasteiger partial charge in [-0.3, -0.25) is 19.9 Å². The first-order chi connectivity index (χ1) is 13.2. The highest BCUT2D eigenvalue weighted by molar-refractivity contribution is 5.51. The number of hydrogen-bond acceptors (Lipinski definition) is 9. The van der Waals surface area contributed by atoms with Gasteiger partial charge in [0.2, 0.25) is 0 Å². The second-order valence-corrected chi connectivity index (χ2v) is 6.87. The minimum atomic E-state index is -0.393. The van der Waals surface area contributed by atoms with Crippen molar-refractivity contribution in [2.75, 3.05) is 64.2 Å². The van der Waals surface area contributed by atoms with Gasteiger partial charge in [-0.2, -0.15) is 5.11 Å². The molecule has 4 rings (SSSR count). The monoisotopic (exact) mass is 376 g/mol. The maximum Gasteiger partial charge on any atom is 0.269 e. The summed E-state index contributed by atoms with van der Waals surface area (Å²) in [5.41, 5.74) is 0.882. The molecule has 3 aliphatic heterocycles. The Morgan fingerprint density at radius 1 is 1.04 bits per heavy atom. The fraction of sp³-hybridized carbons (Fsp3) is 0.647. The van der Waals surface area contributed by atoms with E-state index in [0.717, 1.165) is 51.6 Å². The van der Waals surface area contributed by atoms with Crippen LogP contribution in [0, 0.1) is 10.1 Å². The van der Waals surface area contributed by atoms with Crippen molar-refractivity contribution in [1.82, 2.24) is 9.80 Å². The van der Waals surface area contributed by atoms with E-state index in [2.05, 4.69) is 20.1 Å². The highest BCUT2D eigenvalue weighted by Gasteiger charge is 2.40. The molecular weight excluding hydrogens is 352 g/mol. The molecule has 146 valence electrons. The normalized spacial score (nSPS) is 27.2. The molecule has 1 aromatic rings. The first-order valence-corrected chi connectivity index (χ1v) is 9.29. The number of anilines is 1. The average molecular weight is 376 g/mol. The SMILES string of the molecule is O=[N+]([O-])c1ccc(N2N=N[C@H](CN3CCOCC3)[C@H]2N2CCOCC2)cc1. The highest BCUT2D eigenvalue weighted by Crippen LogP contribution is 2.30. The average Bonchev–Trinajstić information content (AvgIpc) is 3.13. The first kappa shape index (κ1) is 18.2. The molecule has 0 N–H and O–H groups in total. The number of nitrogens with zero attached hydrogens (tertiary/aromatic N) is 6. The number of ether oxygens (including phenoxy) is 2. The van der Waals surface area contributed by atoms with Crippen LogP contribution in [0.5, 0.6) is 0 Å². The molecule has 2 atom stereocenters. The lowest BCUT2D eigenvalue weighted by Crippen LogP contribution is -2.56. The van der Waals surface area contributed by atoms with Crippen molar-refractivity contribution in [3.63, 3.8) is 0 Å². The largest absolute Gasteiger partial charge is 0.379 e. The van der Waals surface area contributed by atoms with Gasteiger partial charge in [0.05, 0.1) is 37.0 Å². The lowest BCUT2D eigenvalue weighted by atomic mass is 10.1. The third kappa shape index (κ3) is 4.08. The minimum absolute atomic E-state index is 0.0105. The van der Waals surface area contributed by atoms with Crippen LogP contribution in [0.1, 0.15) is 0 Å². The maximum absolute atomic E-state index is 10.9. The van der Waals surface area contributed by atoms with Gasteiger partial charge in [0.15, 0.2) is 0 Å². The molecule has 10 nitrogen and oxygen atoms in total. The Balaban J connectivity index is 1.54. The Bertz CT molecular complexity index is 673. The van der Waals surface area contributed by atoms with E-state index in [9.17, 15) is 10.1 Å². The third-order valence-electron chi connectivity index (χ3n) is 5.18. The zero-order valence-electron chi connectivity index (χ0n) is 15.1. The van der Waals surface area contributed by atoms with E-state index in [1.807, 2.05) is 5.01 Å². The fourth-order valence-electron chi connectivity index (χ4n) is 3.75. The van der Waals surface area contributed by atoms with Gasteiger partial charge in [0, 0.05) is 44.9 Å². The highest BCUT2D eigenvalue weighted by atomic mass is 16.6. The molecule has 3 aliphatic rings. The van der Waals surface area contributed by atoms with Gasteiger partial charge >= 0.3 is 0 Å². The van der Waals surface area contributed by atoms with E-state index < -0.39 is 4.92 Å². The number of benzene rings is 1. The van der Waals surface area contributed by atoms with Crippen molar-refractivity contribution in [3.8, 4) is 0 Å². The summed E-state index contributed by atoms with van der Waals surface area (Å²) in [6.45, 7) is 7.13. The van der Waals surface area contributed by atoms with Crippen LogP contribution >= 0.6 is 0 Å². The first-order valence-electron chi connectivity index (χ1n) is 9.29.